The fourth-order valence-electron chi connectivity index (χ4n) is 2.60. The van der Waals surface area contributed by atoms with E-state index in [0.29, 0.717) is 11.3 Å². The molecule has 25 heavy (non-hydrogen) atoms. The predicted molar refractivity (Wildman–Crippen MR) is 103 cm³/mol. The molecular formula is C19H24N2O3S. The Hall–Kier alpha value is -2.34. The summed E-state index contributed by atoms with van der Waals surface area (Å²) in [5.41, 5.74) is 4.41. The van der Waals surface area contributed by atoms with E-state index >= 15 is 0 Å². The molecule has 2 N–H and O–H groups in total. The van der Waals surface area contributed by atoms with E-state index < -0.39 is 10.0 Å². The minimum Gasteiger partial charge on any atom is -0.321 e. The molecule has 0 unspecified atom stereocenters. The van der Waals surface area contributed by atoms with E-state index in [1.54, 1.807) is 25.1 Å². The molecule has 134 valence electrons. The first-order valence-electron chi connectivity index (χ1n) is 8.08. The highest BCUT2D eigenvalue weighted by molar-refractivity contribution is 7.92. The Kier molecular flexibility index (Phi) is 5.52. The fourth-order valence-corrected chi connectivity index (χ4v) is 3.22. The highest BCUT2D eigenvalue weighted by Crippen LogP contribution is 2.28. The van der Waals surface area contributed by atoms with Crippen LogP contribution in [0.15, 0.2) is 36.4 Å². The van der Waals surface area contributed by atoms with Crippen LogP contribution in [0.1, 0.15) is 46.8 Å². The lowest BCUT2D eigenvalue weighted by atomic mass is 9.98. The quantitative estimate of drug-likeness (QED) is 0.844. The number of hydrogen-bond donors (Lipinski definition) is 2. The van der Waals surface area contributed by atoms with Gasteiger partial charge in [0, 0.05) is 11.3 Å². The Morgan fingerprint density at radius 1 is 1.04 bits per heavy atom. The van der Waals surface area contributed by atoms with Crippen LogP contribution >= 0.6 is 0 Å². The number of sulfonamides is 1. The van der Waals surface area contributed by atoms with Crippen LogP contribution in [0.4, 0.5) is 11.4 Å². The van der Waals surface area contributed by atoms with Gasteiger partial charge >= 0.3 is 0 Å². The van der Waals surface area contributed by atoms with Gasteiger partial charge in [-0.25, -0.2) is 8.42 Å². The number of carbonyl (C=O) groups excluding carboxylic acids is 1. The van der Waals surface area contributed by atoms with E-state index in [2.05, 4.69) is 23.9 Å². The van der Waals surface area contributed by atoms with Crippen LogP contribution in [0.3, 0.4) is 0 Å². The first-order chi connectivity index (χ1) is 11.6. The molecule has 5 nitrogen and oxygen atoms in total. The Morgan fingerprint density at radius 2 is 1.72 bits per heavy atom. The van der Waals surface area contributed by atoms with E-state index in [-0.39, 0.29) is 11.8 Å². The van der Waals surface area contributed by atoms with Gasteiger partial charge in [0.05, 0.1) is 11.9 Å². The van der Waals surface area contributed by atoms with Gasteiger partial charge in [-0.3, -0.25) is 9.52 Å². The maximum atomic E-state index is 12.7. The molecule has 0 heterocycles. The molecule has 0 aromatic heterocycles. The molecule has 0 aliphatic carbocycles. The van der Waals surface area contributed by atoms with E-state index in [1.807, 2.05) is 25.1 Å². The molecule has 0 saturated heterocycles. The summed E-state index contributed by atoms with van der Waals surface area (Å²) in [7, 11) is -3.41. The van der Waals surface area contributed by atoms with E-state index in [1.165, 1.54) is 0 Å². The molecule has 6 heteroatoms. The lowest BCUT2D eigenvalue weighted by Gasteiger charge is -2.17. The van der Waals surface area contributed by atoms with Gasteiger partial charge < -0.3 is 5.32 Å². The predicted octanol–water partition coefficient (Wildman–Crippen LogP) is 4.05. The number of amides is 1. The second-order valence-electron chi connectivity index (χ2n) is 6.55. The molecule has 1 amide bonds. The van der Waals surface area contributed by atoms with Gasteiger partial charge in [0.1, 0.15) is 0 Å². The molecule has 0 atom stereocenters. The zero-order valence-corrected chi connectivity index (χ0v) is 16.0. The van der Waals surface area contributed by atoms with Crippen molar-refractivity contribution < 1.29 is 13.2 Å². The standard InChI is InChI=1S/C19H24N2O3S/c1-12(2)16-8-6-7-14(4)18(16)20-19(22)15-10-9-13(3)17(11-15)21-25(5,23)24/h6-12,21H,1-5H3,(H,20,22). The monoisotopic (exact) mass is 360 g/mol. The second kappa shape index (κ2) is 7.27. The minimum atomic E-state index is -3.41. The second-order valence-corrected chi connectivity index (χ2v) is 8.30. The summed E-state index contributed by atoms with van der Waals surface area (Å²) >= 11 is 0. The lowest BCUT2D eigenvalue weighted by Crippen LogP contribution is -2.16. The van der Waals surface area contributed by atoms with Gasteiger partial charge in [-0.05, 0) is 48.6 Å². The summed E-state index contributed by atoms with van der Waals surface area (Å²) in [6.07, 6.45) is 1.08. The smallest absolute Gasteiger partial charge is 0.255 e. The first kappa shape index (κ1) is 19.0. The van der Waals surface area contributed by atoms with Crippen molar-refractivity contribution in [1.82, 2.24) is 0 Å². The summed E-state index contributed by atoms with van der Waals surface area (Å²) < 4.78 is 25.4. The molecular weight excluding hydrogens is 336 g/mol. The Labute approximate surface area is 149 Å². The number of rotatable bonds is 5. The summed E-state index contributed by atoms with van der Waals surface area (Å²) in [6.45, 7) is 7.88. The number of carbonyl (C=O) groups is 1. The number of benzene rings is 2. The molecule has 0 spiro atoms. The number of anilines is 2. The minimum absolute atomic E-state index is 0.271. The van der Waals surface area contributed by atoms with Crippen LogP contribution < -0.4 is 10.0 Å². The SMILES string of the molecule is Cc1ccc(C(=O)Nc2c(C)cccc2C(C)C)cc1NS(C)(=O)=O. The lowest BCUT2D eigenvalue weighted by molar-refractivity contribution is 0.102. The highest BCUT2D eigenvalue weighted by Gasteiger charge is 2.15. The van der Waals surface area contributed by atoms with Crippen molar-refractivity contribution in [2.24, 2.45) is 0 Å². The molecule has 0 fully saturated rings. The van der Waals surface area contributed by atoms with Crippen molar-refractivity contribution in [3.63, 3.8) is 0 Å². The summed E-state index contributed by atoms with van der Waals surface area (Å²) in [6, 6.07) is 10.9. The molecule has 2 aromatic rings. The number of hydrogen-bond acceptors (Lipinski definition) is 3. The van der Waals surface area contributed by atoms with Crippen LogP contribution in [0.2, 0.25) is 0 Å². The summed E-state index contributed by atoms with van der Waals surface area (Å²) in [4.78, 5) is 12.7. The van der Waals surface area contributed by atoms with Gasteiger partial charge in [0.2, 0.25) is 10.0 Å². The van der Waals surface area contributed by atoms with Crippen molar-refractivity contribution in [3.05, 3.63) is 58.7 Å². The van der Waals surface area contributed by atoms with Crippen molar-refractivity contribution in [2.75, 3.05) is 16.3 Å². The molecule has 0 aliphatic heterocycles. The largest absolute Gasteiger partial charge is 0.321 e. The van der Waals surface area contributed by atoms with Crippen molar-refractivity contribution in [2.45, 2.75) is 33.6 Å². The van der Waals surface area contributed by atoms with Crippen LogP contribution in [0.25, 0.3) is 0 Å². The zero-order chi connectivity index (χ0) is 18.8. The average Bonchev–Trinajstić information content (AvgIpc) is 2.49. The summed E-state index contributed by atoms with van der Waals surface area (Å²) in [5.74, 6) is 0.00318. The molecule has 2 aromatic carbocycles. The molecule has 2 rings (SSSR count). The van der Waals surface area contributed by atoms with Gasteiger partial charge in [0.25, 0.3) is 5.91 Å². The maximum Gasteiger partial charge on any atom is 0.255 e. The first-order valence-corrected chi connectivity index (χ1v) is 9.97. The van der Waals surface area contributed by atoms with Crippen molar-refractivity contribution in [1.29, 1.82) is 0 Å². The Bertz CT molecular complexity index is 903. The Morgan fingerprint density at radius 3 is 2.32 bits per heavy atom. The van der Waals surface area contributed by atoms with Gasteiger partial charge in [0.15, 0.2) is 0 Å². The topological polar surface area (TPSA) is 75.3 Å². The van der Waals surface area contributed by atoms with E-state index in [0.717, 1.165) is 28.6 Å². The highest BCUT2D eigenvalue weighted by atomic mass is 32.2. The molecule has 0 bridgehead atoms. The molecule has 0 saturated carbocycles. The number of aryl methyl sites for hydroxylation is 2. The third kappa shape index (κ3) is 4.82. The van der Waals surface area contributed by atoms with Crippen molar-refractivity contribution in [3.8, 4) is 0 Å². The maximum absolute atomic E-state index is 12.7. The van der Waals surface area contributed by atoms with Crippen LogP contribution in [-0.4, -0.2) is 20.6 Å². The van der Waals surface area contributed by atoms with E-state index in [9.17, 15) is 13.2 Å². The van der Waals surface area contributed by atoms with Crippen LogP contribution in [-0.2, 0) is 10.0 Å². The van der Waals surface area contributed by atoms with Crippen LogP contribution in [0.5, 0.6) is 0 Å². The summed E-state index contributed by atoms with van der Waals surface area (Å²) in [5, 5.41) is 2.97. The van der Waals surface area contributed by atoms with Crippen LogP contribution in [0, 0.1) is 13.8 Å². The van der Waals surface area contributed by atoms with E-state index in [4.69, 9.17) is 0 Å². The van der Waals surface area contributed by atoms with Gasteiger partial charge in [-0.15, -0.1) is 0 Å². The van der Waals surface area contributed by atoms with Gasteiger partial charge in [-0.2, -0.15) is 0 Å². The number of nitrogens with one attached hydrogen (secondary N) is 2. The van der Waals surface area contributed by atoms with Gasteiger partial charge in [-0.1, -0.05) is 38.1 Å². The van der Waals surface area contributed by atoms with Crippen molar-refractivity contribution >= 4 is 27.3 Å². The third-order valence-corrected chi connectivity index (χ3v) is 4.55. The molecule has 0 radical (unpaired) electrons. The zero-order valence-electron chi connectivity index (χ0n) is 15.2. The fraction of sp³-hybridized carbons (Fsp3) is 0.316. The third-order valence-electron chi connectivity index (χ3n) is 3.96. The Balaban J connectivity index is 2.36. The molecule has 0 aliphatic rings. The average molecular weight is 360 g/mol. The number of para-hydroxylation sites is 1. The normalized spacial score (nSPS) is 11.4.